The van der Waals surface area contributed by atoms with Crippen molar-refractivity contribution in [2.24, 2.45) is 5.92 Å². The largest absolute Gasteiger partial charge is 0.496 e. The maximum Gasteiger partial charge on any atom is 0.220 e. The van der Waals surface area contributed by atoms with E-state index in [1.165, 1.54) is 11.3 Å². The standard InChI is InChI=1S/C20H29N3O2/c1-14(2)13-23-16(4)18(15(3)22-23)10-11-20(24)21-12-17-8-6-7-9-19(17)25-5/h6-9,14H,10-13H2,1-5H3,(H,21,24). The maximum atomic E-state index is 12.2. The first kappa shape index (κ1) is 19.0. The first-order valence-corrected chi connectivity index (χ1v) is 8.83. The van der Waals surface area contributed by atoms with Crippen LogP contribution in [-0.2, 0) is 24.3 Å². The van der Waals surface area contributed by atoms with E-state index in [-0.39, 0.29) is 5.91 Å². The number of nitrogens with zero attached hydrogens (tertiary/aromatic N) is 2. The molecule has 0 aliphatic carbocycles. The van der Waals surface area contributed by atoms with E-state index in [9.17, 15) is 4.79 Å². The Morgan fingerprint density at radius 1 is 1.28 bits per heavy atom. The topological polar surface area (TPSA) is 56.1 Å². The zero-order valence-electron chi connectivity index (χ0n) is 15.9. The fourth-order valence-corrected chi connectivity index (χ4v) is 2.99. The molecule has 1 aromatic heterocycles. The van der Waals surface area contributed by atoms with Gasteiger partial charge in [-0.05, 0) is 37.8 Å². The van der Waals surface area contributed by atoms with E-state index in [1.54, 1.807) is 7.11 Å². The minimum atomic E-state index is 0.0429. The van der Waals surface area contributed by atoms with Gasteiger partial charge in [-0.3, -0.25) is 9.48 Å². The van der Waals surface area contributed by atoms with Gasteiger partial charge in [-0.15, -0.1) is 0 Å². The van der Waals surface area contributed by atoms with Crippen molar-refractivity contribution in [1.29, 1.82) is 0 Å². The Kier molecular flexibility index (Phi) is 6.62. The Morgan fingerprint density at radius 2 is 2.00 bits per heavy atom. The van der Waals surface area contributed by atoms with E-state index in [0.717, 1.165) is 23.6 Å². The van der Waals surface area contributed by atoms with Crippen molar-refractivity contribution in [1.82, 2.24) is 15.1 Å². The SMILES string of the molecule is COc1ccccc1CNC(=O)CCc1c(C)nn(CC(C)C)c1C. The summed E-state index contributed by atoms with van der Waals surface area (Å²) in [5.41, 5.74) is 4.36. The first-order valence-electron chi connectivity index (χ1n) is 8.83. The highest BCUT2D eigenvalue weighted by Crippen LogP contribution is 2.18. The zero-order valence-corrected chi connectivity index (χ0v) is 15.9. The molecule has 25 heavy (non-hydrogen) atoms. The highest BCUT2D eigenvalue weighted by molar-refractivity contribution is 5.76. The number of benzene rings is 1. The van der Waals surface area contributed by atoms with Crippen molar-refractivity contribution in [3.8, 4) is 5.75 Å². The Labute approximate surface area is 150 Å². The molecule has 0 unspecified atom stereocenters. The lowest BCUT2D eigenvalue weighted by Crippen LogP contribution is -2.23. The van der Waals surface area contributed by atoms with Gasteiger partial charge in [0.15, 0.2) is 0 Å². The Hall–Kier alpha value is -2.30. The zero-order chi connectivity index (χ0) is 18.4. The second-order valence-corrected chi connectivity index (χ2v) is 6.81. The Bertz CT molecular complexity index is 720. The van der Waals surface area contributed by atoms with Gasteiger partial charge in [0.25, 0.3) is 0 Å². The van der Waals surface area contributed by atoms with Crippen molar-refractivity contribution in [2.75, 3.05) is 7.11 Å². The van der Waals surface area contributed by atoms with Crippen LogP contribution in [-0.4, -0.2) is 22.8 Å². The minimum Gasteiger partial charge on any atom is -0.496 e. The van der Waals surface area contributed by atoms with Gasteiger partial charge in [-0.2, -0.15) is 5.10 Å². The van der Waals surface area contributed by atoms with E-state index in [4.69, 9.17) is 4.74 Å². The van der Waals surface area contributed by atoms with Crippen LogP contribution < -0.4 is 10.1 Å². The second-order valence-electron chi connectivity index (χ2n) is 6.81. The molecule has 0 saturated carbocycles. The van der Waals surface area contributed by atoms with E-state index < -0.39 is 0 Å². The highest BCUT2D eigenvalue weighted by Gasteiger charge is 2.14. The summed E-state index contributed by atoms with van der Waals surface area (Å²) in [6, 6.07) is 7.73. The molecule has 0 atom stereocenters. The highest BCUT2D eigenvalue weighted by atomic mass is 16.5. The minimum absolute atomic E-state index is 0.0429. The number of aryl methyl sites for hydroxylation is 1. The van der Waals surface area contributed by atoms with Crippen LogP contribution in [0.25, 0.3) is 0 Å². The molecule has 2 aromatic rings. The fraction of sp³-hybridized carbons (Fsp3) is 0.500. The average molecular weight is 343 g/mol. The van der Waals surface area contributed by atoms with Crippen LogP contribution in [0.15, 0.2) is 24.3 Å². The predicted molar refractivity (Wildman–Crippen MR) is 99.7 cm³/mol. The molecule has 1 amide bonds. The average Bonchev–Trinajstić information content (AvgIpc) is 2.84. The lowest BCUT2D eigenvalue weighted by atomic mass is 10.1. The van der Waals surface area contributed by atoms with Crippen molar-refractivity contribution >= 4 is 5.91 Å². The molecule has 5 nitrogen and oxygen atoms in total. The third-order valence-corrected chi connectivity index (χ3v) is 4.34. The monoisotopic (exact) mass is 343 g/mol. The molecule has 0 spiro atoms. The van der Waals surface area contributed by atoms with Gasteiger partial charge < -0.3 is 10.1 Å². The summed E-state index contributed by atoms with van der Waals surface area (Å²) in [4.78, 5) is 12.2. The maximum absolute atomic E-state index is 12.2. The molecular weight excluding hydrogens is 314 g/mol. The number of aromatic nitrogens is 2. The second kappa shape index (κ2) is 8.70. The van der Waals surface area contributed by atoms with Crippen LogP contribution in [0, 0.1) is 19.8 Å². The molecule has 0 aliphatic rings. The summed E-state index contributed by atoms with van der Waals surface area (Å²) < 4.78 is 7.37. The number of methoxy groups -OCH3 is 1. The summed E-state index contributed by atoms with van der Waals surface area (Å²) in [5.74, 6) is 1.39. The number of hydrogen-bond acceptors (Lipinski definition) is 3. The van der Waals surface area contributed by atoms with Gasteiger partial charge in [0.05, 0.1) is 12.8 Å². The van der Waals surface area contributed by atoms with Gasteiger partial charge in [0.2, 0.25) is 5.91 Å². The van der Waals surface area contributed by atoms with Gasteiger partial charge >= 0.3 is 0 Å². The normalized spacial score (nSPS) is 11.0. The van der Waals surface area contributed by atoms with E-state index in [2.05, 4.69) is 35.9 Å². The lowest BCUT2D eigenvalue weighted by Gasteiger charge is -2.10. The van der Waals surface area contributed by atoms with Crippen molar-refractivity contribution in [3.05, 3.63) is 46.8 Å². The van der Waals surface area contributed by atoms with Crippen LogP contribution in [0.2, 0.25) is 0 Å². The predicted octanol–water partition coefficient (Wildman–Crippen LogP) is 3.41. The number of carbonyl (C=O) groups is 1. The van der Waals surface area contributed by atoms with Crippen molar-refractivity contribution in [2.45, 2.75) is 53.6 Å². The third-order valence-electron chi connectivity index (χ3n) is 4.34. The molecule has 0 aliphatic heterocycles. The van der Waals surface area contributed by atoms with Crippen LogP contribution in [0.1, 0.15) is 42.8 Å². The van der Waals surface area contributed by atoms with Crippen molar-refractivity contribution in [3.63, 3.8) is 0 Å². The smallest absolute Gasteiger partial charge is 0.220 e. The van der Waals surface area contributed by atoms with Gasteiger partial charge in [0, 0.05) is 30.8 Å². The van der Waals surface area contributed by atoms with Gasteiger partial charge in [-0.1, -0.05) is 32.0 Å². The summed E-state index contributed by atoms with van der Waals surface area (Å²) in [5, 5.41) is 7.59. The number of para-hydroxylation sites is 1. The van der Waals surface area contributed by atoms with Crippen molar-refractivity contribution < 1.29 is 9.53 Å². The molecule has 0 bridgehead atoms. The third kappa shape index (κ3) is 5.08. The molecule has 2 rings (SSSR count). The number of nitrogens with one attached hydrogen (secondary N) is 1. The summed E-state index contributed by atoms with van der Waals surface area (Å²) in [6.45, 7) is 9.86. The number of ether oxygens (including phenoxy) is 1. The lowest BCUT2D eigenvalue weighted by molar-refractivity contribution is -0.121. The molecular formula is C20H29N3O2. The number of amides is 1. The van der Waals surface area contributed by atoms with Gasteiger partial charge in [0.1, 0.15) is 5.75 Å². The first-order chi connectivity index (χ1) is 11.9. The molecule has 0 radical (unpaired) electrons. The summed E-state index contributed by atoms with van der Waals surface area (Å²) >= 11 is 0. The van der Waals surface area contributed by atoms with E-state index in [1.807, 2.05) is 31.2 Å². The Balaban J connectivity index is 1.91. The van der Waals surface area contributed by atoms with Crippen LogP contribution in [0.4, 0.5) is 0 Å². The molecule has 136 valence electrons. The number of carbonyl (C=O) groups excluding carboxylic acids is 1. The van der Waals surface area contributed by atoms with Crippen LogP contribution in [0.5, 0.6) is 5.75 Å². The van der Waals surface area contributed by atoms with Gasteiger partial charge in [-0.25, -0.2) is 0 Å². The van der Waals surface area contributed by atoms with E-state index in [0.29, 0.717) is 25.3 Å². The molecule has 5 heteroatoms. The Morgan fingerprint density at radius 3 is 2.68 bits per heavy atom. The van der Waals surface area contributed by atoms with E-state index >= 15 is 0 Å². The molecule has 0 fully saturated rings. The summed E-state index contributed by atoms with van der Waals surface area (Å²) in [7, 11) is 1.64. The number of rotatable bonds is 8. The fourth-order valence-electron chi connectivity index (χ4n) is 2.99. The van der Waals surface area contributed by atoms with Crippen LogP contribution >= 0.6 is 0 Å². The van der Waals surface area contributed by atoms with Crippen LogP contribution in [0.3, 0.4) is 0 Å². The molecule has 1 aromatic carbocycles. The molecule has 1 heterocycles. The molecule has 0 saturated heterocycles. The quantitative estimate of drug-likeness (QED) is 0.799. The summed E-state index contributed by atoms with van der Waals surface area (Å²) in [6.07, 6.45) is 1.18. The molecule has 1 N–H and O–H groups in total. The number of hydrogen-bond donors (Lipinski definition) is 1.